The molecule has 0 saturated carbocycles. The fraction of sp³-hybridized carbons (Fsp3) is 0.300. The van der Waals surface area contributed by atoms with Gasteiger partial charge in [0.1, 0.15) is 12.4 Å². The number of hydrogen-bond donors (Lipinski definition) is 0. The van der Waals surface area contributed by atoms with Gasteiger partial charge in [-0.05, 0) is 30.3 Å². The van der Waals surface area contributed by atoms with Gasteiger partial charge in [0.05, 0.1) is 5.56 Å². The van der Waals surface area contributed by atoms with Gasteiger partial charge in [0, 0.05) is 38.6 Å². The van der Waals surface area contributed by atoms with Gasteiger partial charge in [0.2, 0.25) is 5.95 Å². The highest BCUT2D eigenvalue weighted by atomic mass is 16.5. The number of hydrogen-bond acceptors (Lipinski definition) is 7. The summed E-state index contributed by atoms with van der Waals surface area (Å²) in [6.45, 7) is 6.02. The van der Waals surface area contributed by atoms with Crippen LogP contribution in [0.4, 0.5) is 5.95 Å². The first-order valence-electron chi connectivity index (χ1n) is 8.98. The minimum Gasteiger partial charge on any atom is -0.490 e. The molecule has 1 amide bonds. The molecule has 1 aliphatic heterocycles. The van der Waals surface area contributed by atoms with Crippen LogP contribution in [0.2, 0.25) is 0 Å². The van der Waals surface area contributed by atoms with Crippen molar-refractivity contribution in [2.75, 3.05) is 44.3 Å². The molecule has 0 atom stereocenters. The molecule has 1 aliphatic rings. The van der Waals surface area contributed by atoms with Gasteiger partial charge in [-0.1, -0.05) is 12.7 Å². The number of piperazine rings is 1. The van der Waals surface area contributed by atoms with Gasteiger partial charge in [0.25, 0.3) is 5.91 Å². The largest absolute Gasteiger partial charge is 0.490 e. The van der Waals surface area contributed by atoms with Crippen LogP contribution in [0.1, 0.15) is 10.4 Å². The molecule has 1 aromatic heterocycles. The minimum absolute atomic E-state index is 0.215. The van der Waals surface area contributed by atoms with E-state index in [4.69, 9.17) is 9.47 Å². The zero-order valence-electron chi connectivity index (χ0n) is 15.5. The molecule has 0 N–H and O–H groups in total. The molecule has 8 nitrogen and oxygen atoms in total. The molecule has 146 valence electrons. The topological polar surface area (TPSA) is 84.9 Å². The Morgan fingerprint density at radius 1 is 1.07 bits per heavy atom. The van der Waals surface area contributed by atoms with Gasteiger partial charge in [-0.3, -0.25) is 4.79 Å². The Morgan fingerprint density at radius 3 is 2.39 bits per heavy atom. The summed E-state index contributed by atoms with van der Waals surface area (Å²) in [5.74, 6) is 0.530. The third kappa shape index (κ3) is 5.06. The first-order chi connectivity index (χ1) is 13.7. The molecular formula is C20H22N4O4. The van der Waals surface area contributed by atoms with Gasteiger partial charge < -0.3 is 19.3 Å². The van der Waals surface area contributed by atoms with E-state index in [1.54, 1.807) is 53.7 Å². The normalized spacial score (nSPS) is 13.7. The molecule has 0 aliphatic carbocycles. The van der Waals surface area contributed by atoms with Gasteiger partial charge in [-0.25, -0.2) is 14.8 Å². The number of esters is 1. The molecule has 0 radical (unpaired) electrons. The van der Waals surface area contributed by atoms with Crippen molar-refractivity contribution >= 4 is 17.8 Å². The molecular weight excluding hydrogens is 360 g/mol. The van der Waals surface area contributed by atoms with E-state index in [9.17, 15) is 9.59 Å². The summed E-state index contributed by atoms with van der Waals surface area (Å²) in [5, 5.41) is 0. The molecule has 3 rings (SSSR count). The molecule has 0 bridgehead atoms. The number of amides is 1. The summed E-state index contributed by atoms with van der Waals surface area (Å²) in [4.78, 5) is 36.6. The predicted octanol–water partition coefficient (Wildman–Crippen LogP) is 1.55. The van der Waals surface area contributed by atoms with Gasteiger partial charge in [-0.15, -0.1) is 0 Å². The molecule has 0 unspecified atom stereocenters. The molecule has 28 heavy (non-hydrogen) atoms. The quantitative estimate of drug-likeness (QED) is 0.530. The van der Waals surface area contributed by atoms with Crippen molar-refractivity contribution in [3.8, 4) is 5.75 Å². The first kappa shape index (κ1) is 19.3. The number of aromatic nitrogens is 2. The maximum Gasteiger partial charge on any atom is 0.338 e. The van der Waals surface area contributed by atoms with Crippen LogP contribution in [-0.2, 0) is 9.53 Å². The van der Waals surface area contributed by atoms with Crippen LogP contribution < -0.4 is 9.64 Å². The van der Waals surface area contributed by atoms with Crippen LogP contribution in [0.3, 0.4) is 0 Å². The Morgan fingerprint density at radius 2 is 1.75 bits per heavy atom. The van der Waals surface area contributed by atoms with E-state index >= 15 is 0 Å². The highest BCUT2D eigenvalue weighted by Crippen LogP contribution is 2.13. The van der Waals surface area contributed by atoms with Crippen molar-refractivity contribution in [1.82, 2.24) is 14.9 Å². The summed E-state index contributed by atoms with van der Waals surface area (Å²) in [5.41, 5.74) is 0.366. The van der Waals surface area contributed by atoms with E-state index < -0.39 is 5.97 Å². The maximum atomic E-state index is 12.3. The number of ether oxygens (including phenoxy) is 2. The van der Waals surface area contributed by atoms with Crippen molar-refractivity contribution in [3.63, 3.8) is 0 Å². The fourth-order valence-electron chi connectivity index (χ4n) is 2.75. The Bertz CT molecular complexity index is 803. The number of carbonyl (C=O) groups is 2. The second kappa shape index (κ2) is 9.50. The van der Waals surface area contributed by atoms with Crippen LogP contribution in [0.15, 0.2) is 55.4 Å². The number of benzene rings is 1. The molecule has 8 heteroatoms. The lowest BCUT2D eigenvalue weighted by molar-refractivity contribution is -0.134. The molecule has 1 fully saturated rings. The molecule has 0 spiro atoms. The van der Waals surface area contributed by atoms with E-state index in [1.165, 1.54) is 0 Å². The average Bonchev–Trinajstić information content (AvgIpc) is 2.77. The predicted molar refractivity (Wildman–Crippen MR) is 103 cm³/mol. The zero-order chi connectivity index (χ0) is 19.8. The number of rotatable bonds is 7. The molecule has 2 aromatic rings. The third-order valence-electron chi connectivity index (χ3n) is 4.25. The van der Waals surface area contributed by atoms with E-state index in [0.717, 1.165) is 0 Å². The standard InChI is InChI=1S/C20H22N4O4/c1-2-14-27-17-6-4-16(5-7-17)19(26)28-15-18(25)23-10-12-24(13-11-23)20-21-8-3-9-22-20/h2-9H,1,10-15H2. The molecule has 2 heterocycles. The third-order valence-corrected chi connectivity index (χ3v) is 4.25. The summed E-state index contributed by atoms with van der Waals surface area (Å²) in [7, 11) is 0. The van der Waals surface area contributed by atoms with Crippen LogP contribution >= 0.6 is 0 Å². The average molecular weight is 382 g/mol. The highest BCUT2D eigenvalue weighted by Gasteiger charge is 2.23. The number of nitrogens with zero attached hydrogens (tertiary/aromatic N) is 4. The maximum absolute atomic E-state index is 12.3. The van der Waals surface area contributed by atoms with Crippen LogP contribution in [0.25, 0.3) is 0 Å². The van der Waals surface area contributed by atoms with Gasteiger partial charge >= 0.3 is 5.97 Å². The van der Waals surface area contributed by atoms with E-state index in [1.807, 2.05) is 4.90 Å². The van der Waals surface area contributed by atoms with Crippen LogP contribution in [0, 0.1) is 0 Å². The Kier molecular flexibility index (Phi) is 6.56. The lowest BCUT2D eigenvalue weighted by Crippen LogP contribution is -2.50. The van der Waals surface area contributed by atoms with E-state index in [0.29, 0.717) is 50.0 Å². The van der Waals surface area contributed by atoms with Crippen molar-refractivity contribution in [3.05, 3.63) is 60.9 Å². The van der Waals surface area contributed by atoms with Crippen molar-refractivity contribution in [2.24, 2.45) is 0 Å². The Hall–Kier alpha value is -3.42. The summed E-state index contributed by atoms with van der Waals surface area (Å²) in [6.07, 6.45) is 5.02. The monoisotopic (exact) mass is 382 g/mol. The number of anilines is 1. The summed E-state index contributed by atoms with van der Waals surface area (Å²) < 4.78 is 10.5. The zero-order valence-corrected chi connectivity index (χ0v) is 15.5. The second-order valence-electron chi connectivity index (χ2n) is 6.12. The summed E-state index contributed by atoms with van der Waals surface area (Å²) >= 11 is 0. The minimum atomic E-state index is -0.542. The smallest absolute Gasteiger partial charge is 0.338 e. The van der Waals surface area contributed by atoms with Gasteiger partial charge in [0.15, 0.2) is 6.61 Å². The van der Waals surface area contributed by atoms with Crippen LogP contribution in [0.5, 0.6) is 5.75 Å². The first-order valence-corrected chi connectivity index (χ1v) is 8.98. The van der Waals surface area contributed by atoms with Crippen molar-refractivity contribution in [2.45, 2.75) is 0 Å². The SMILES string of the molecule is C=CCOc1ccc(C(=O)OCC(=O)N2CCN(c3ncccn3)CC2)cc1. The Balaban J connectivity index is 1.44. The van der Waals surface area contributed by atoms with Crippen LogP contribution in [-0.4, -0.2) is 66.1 Å². The number of carbonyl (C=O) groups excluding carboxylic acids is 2. The highest BCUT2D eigenvalue weighted by molar-refractivity contribution is 5.91. The lowest BCUT2D eigenvalue weighted by atomic mass is 10.2. The lowest BCUT2D eigenvalue weighted by Gasteiger charge is -2.34. The fourth-order valence-corrected chi connectivity index (χ4v) is 2.75. The molecule has 1 saturated heterocycles. The van der Waals surface area contributed by atoms with E-state index in [-0.39, 0.29) is 12.5 Å². The second-order valence-corrected chi connectivity index (χ2v) is 6.12. The summed E-state index contributed by atoms with van der Waals surface area (Å²) in [6, 6.07) is 8.31. The van der Waals surface area contributed by atoms with Crippen molar-refractivity contribution in [1.29, 1.82) is 0 Å². The van der Waals surface area contributed by atoms with E-state index in [2.05, 4.69) is 16.5 Å². The Labute approximate surface area is 163 Å². The molecule has 1 aromatic carbocycles. The van der Waals surface area contributed by atoms with Gasteiger partial charge in [-0.2, -0.15) is 0 Å². The van der Waals surface area contributed by atoms with Crippen molar-refractivity contribution < 1.29 is 19.1 Å².